The third-order valence-corrected chi connectivity index (χ3v) is 11.3. The molecule has 0 radical (unpaired) electrons. The fourth-order valence-corrected chi connectivity index (χ4v) is 5.41. The lowest BCUT2D eigenvalue weighted by Crippen LogP contribution is -2.10. The molecule has 0 aliphatic heterocycles. The van der Waals surface area contributed by atoms with Crippen molar-refractivity contribution in [2.75, 3.05) is 12.5 Å². The molecule has 0 bridgehead atoms. The lowest BCUT2D eigenvalue weighted by molar-refractivity contribution is 0.434. The number of nitrogens with zero attached hydrogens (tertiary/aromatic N) is 6. The van der Waals surface area contributed by atoms with E-state index in [9.17, 15) is 26.5 Å². The van der Waals surface area contributed by atoms with Crippen LogP contribution in [0.4, 0.5) is 10.8 Å². The first-order chi connectivity index (χ1) is 14.2. The van der Waals surface area contributed by atoms with Crippen LogP contribution in [0, 0.1) is 6.92 Å². The molecule has 0 saturated carbocycles. The summed E-state index contributed by atoms with van der Waals surface area (Å²) >= 11 is 0.765. The van der Waals surface area contributed by atoms with Gasteiger partial charge in [-0.05, 0) is 43.7 Å². The van der Waals surface area contributed by atoms with Crippen molar-refractivity contribution in [2.45, 2.75) is 17.0 Å². The van der Waals surface area contributed by atoms with E-state index in [1.54, 1.807) is 6.92 Å². The van der Waals surface area contributed by atoms with Gasteiger partial charge in [0, 0.05) is 11.5 Å². The first-order valence-corrected chi connectivity index (χ1v) is 14.7. The summed E-state index contributed by atoms with van der Waals surface area (Å²) in [6.45, 7) is 1.55. The van der Waals surface area contributed by atoms with E-state index in [0.717, 1.165) is 28.3 Å². The Morgan fingerprint density at radius 3 is 2.19 bits per heavy atom. The van der Waals surface area contributed by atoms with E-state index in [1.807, 2.05) is 0 Å². The third-order valence-electron chi connectivity index (χ3n) is 3.98. The van der Waals surface area contributed by atoms with Crippen LogP contribution in [-0.4, -0.2) is 62.7 Å². The number of aryl methyl sites for hydroxylation is 1. The molecular formula is C14H16N6O7S4. The van der Waals surface area contributed by atoms with E-state index >= 15 is 0 Å². The third kappa shape index (κ3) is 4.60. The van der Waals surface area contributed by atoms with Crippen LogP contribution in [0.1, 0.15) is 5.69 Å². The van der Waals surface area contributed by atoms with Crippen LogP contribution < -0.4 is 0 Å². The van der Waals surface area contributed by atoms with Crippen molar-refractivity contribution in [3.05, 3.63) is 30.0 Å². The molecule has 3 aromatic rings. The number of aromatic hydroxyl groups is 1. The molecule has 0 fully saturated rings. The van der Waals surface area contributed by atoms with Gasteiger partial charge >= 0.3 is 9.15 Å². The number of hydrogen-bond donors (Lipinski definition) is 3. The number of rotatable bonds is 6. The maximum atomic E-state index is 11.5. The topological polar surface area (TPSA) is 197 Å². The van der Waals surface area contributed by atoms with Crippen LogP contribution in [0.2, 0.25) is 0 Å². The molecule has 13 nitrogen and oxygen atoms in total. The van der Waals surface area contributed by atoms with E-state index in [0.29, 0.717) is 5.69 Å². The van der Waals surface area contributed by atoms with Gasteiger partial charge in [-0.2, -0.15) is 36.0 Å². The molecule has 0 unspecified atom stereocenters. The fourth-order valence-electron chi connectivity index (χ4n) is 2.19. The van der Waals surface area contributed by atoms with E-state index in [-0.39, 0.29) is 26.6 Å². The lowest BCUT2D eigenvalue weighted by atomic mass is 10.3. The zero-order chi connectivity index (χ0) is 23.2. The van der Waals surface area contributed by atoms with Crippen molar-refractivity contribution in [1.29, 1.82) is 0 Å². The van der Waals surface area contributed by atoms with Gasteiger partial charge < -0.3 is 5.11 Å². The van der Waals surface area contributed by atoms with Crippen molar-refractivity contribution in [2.24, 2.45) is 10.2 Å². The minimum absolute atomic E-state index is 0.00278. The van der Waals surface area contributed by atoms with E-state index in [4.69, 9.17) is 4.55 Å². The van der Waals surface area contributed by atoms with Gasteiger partial charge in [0.05, 0.1) is 16.3 Å². The summed E-state index contributed by atoms with van der Waals surface area (Å²) in [7, 11) is -11.5. The molecular weight excluding hydrogens is 492 g/mol. The Labute approximate surface area is 181 Å². The Bertz CT molecular complexity index is 1370. The van der Waals surface area contributed by atoms with Crippen molar-refractivity contribution in [3.63, 3.8) is 0 Å². The maximum Gasteiger partial charge on any atom is 0.308 e. The predicted molar refractivity (Wildman–Crippen MR) is 113 cm³/mol. The number of hydrogen-bond acceptors (Lipinski definition) is 11. The van der Waals surface area contributed by atoms with Gasteiger partial charge in [-0.1, -0.05) is 9.06 Å². The van der Waals surface area contributed by atoms with Crippen molar-refractivity contribution in [1.82, 2.24) is 19.1 Å². The largest absolute Gasteiger partial charge is 0.492 e. The molecule has 0 aliphatic rings. The molecule has 0 amide bonds. The van der Waals surface area contributed by atoms with E-state index in [2.05, 4.69) is 24.7 Å². The monoisotopic (exact) mass is 508 g/mol. The Morgan fingerprint density at radius 2 is 1.65 bits per heavy atom. The molecule has 0 saturated heterocycles. The molecule has 3 rings (SSSR count). The summed E-state index contributed by atoms with van der Waals surface area (Å²) in [5.74, 6) is -0.394. The number of azo groups is 1. The van der Waals surface area contributed by atoms with Crippen molar-refractivity contribution in [3.8, 4) is 11.6 Å². The van der Waals surface area contributed by atoms with Crippen LogP contribution in [-0.2, 0) is 19.3 Å². The minimum Gasteiger partial charge on any atom is -0.492 e. The predicted octanol–water partition coefficient (Wildman–Crippen LogP) is 2.63. The summed E-state index contributed by atoms with van der Waals surface area (Å²) in [6.07, 6.45) is 2.64. The van der Waals surface area contributed by atoms with Crippen LogP contribution in [0.3, 0.4) is 0 Å². The van der Waals surface area contributed by atoms with Crippen LogP contribution >= 0.6 is 20.6 Å². The van der Waals surface area contributed by atoms with Gasteiger partial charge in [0.25, 0.3) is 10.1 Å². The van der Waals surface area contributed by atoms with Gasteiger partial charge in [0.15, 0.2) is 10.8 Å². The molecule has 0 spiro atoms. The van der Waals surface area contributed by atoms with Gasteiger partial charge in [0.2, 0.25) is 11.0 Å². The summed E-state index contributed by atoms with van der Waals surface area (Å²) in [6, 6.07) is 4.94. The zero-order valence-corrected chi connectivity index (χ0v) is 19.4. The quantitative estimate of drug-likeness (QED) is 0.253. The van der Waals surface area contributed by atoms with Gasteiger partial charge in [-0.25, -0.2) is 0 Å². The summed E-state index contributed by atoms with van der Waals surface area (Å²) in [4.78, 5) is 3.66. The molecule has 17 heteroatoms. The molecule has 1 aromatic carbocycles. The van der Waals surface area contributed by atoms with Crippen molar-refractivity contribution >= 4 is 50.7 Å². The van der Waals surface area contributed by atoms with Crippen LogP contribution in [0.25, 0.3) is 5.69 Å². The highest BCUT2D eigenvalue weighted by Gasteiger charge is 2.33. The second kappa shape index (κ2) is 7.92. The van der Waals surface area contributed by atoms with Crippen LogP contribution in [0.15, 0.2) is 44.5 Å². The summed E-state index contributed by atoms with van der Waals surface area (Å²) in [5.41, 5.74) is 0.580. The molecule has 2 aromatic heterocycles. The molecule has 0 atom stereocenters. The minimum atomic E-state index is -4.38. The first kappa shape index (κ1) is 23.2. The Kier molecular flexibility index (Phi) is 5.93. The smallest absolute Gasteiger partial charge is 0.308 e. The van der Waals surface area contributed by atoms with E-state index < -0.39 is 34.2 Å². The first-order valence-electron chi connectivity index (χ1n) is 8.04. The average molecular weight is 509 g/mol. The molecule has 31 heavy (non-hydrogen) atoms. The van der Waals surface area contributed by atoms with E-state index in [1.165, 1.54) is 24.6 Å². The van der Waals surface area contributed by atoms with Crippen molar-refractivity contribution < 1.29 is 31.0 Å². The second-order valence-corrected chi connectivity index (χ2v) is 16.0. The number of benzene rings is 1. The standard InChI is InChI=1S/C14H16N6O7S4/c1-8-11(16-17-13-15-14(19-28-13)29(2,3)31(25,26)27)12(21)20(18-8)9-4-6-10(7-5-9)30(22,23)24/h4-7,21H,1-3H3,(H,22,23,24)(H,25,26,27). The highest BCUT2D eigenvalue weighted by molar-refractivity contribution is 8.88. The summed E-state index contributed by atoms with van der Waals surface area (Å²) in [5, 5.41) is 22.2. The zero-order valence-electron chi connectivity index (χ0n) is 16.1. The Hall–Kier alpha value is -2.44. The normalized spacial score (nSPS) is 13.7. The Balaban J connectivity index is 1.91. The molecule has 3 N–H and O–H groups in total. The maximum absolute atomic E-state index is 11.5. The fraction of sp³-hybridized carbons (Fsp3) is 0.214. The highest BCUT2D eigenvalue weighted by atomic mass is 33.2. The van der Waals surface area contributed by atoms with Gasteiger partial charge in [0.1, 0.15) is 0 Å². The highest BCUT2D eigenvalue weighted by Crippen LogP contribution is 2.53. The SMILES string of the molecule is Cc1nn(-c2ccc(S(=O)(=O)O)cc2)c(O)c1N=Nc1nc(S(C)(C)S(=O)(=O)O)ns1. The number of aromatic nitrogens is 4. The molecule has 168 valence electrons. The lowest BCUT2D eigenvalue weighted by Gasteiger charge is -2.22. The van der Waals surface area contributed by atoms with Gasteiger partial charge in [-0.15, -0.1) is 10.2 Å². The second-order valence-electron chi connectivity index (χ2n) is 6.36. The average Bonchev–Trinajstić information content (AvgIpc) is 3.24. The Morgan fingerprint density at radius 1 is 1.03 bits per heavy atom. The molecule has 2 heterocycles. The molecule has 0 aliphatic carbocycles. The van der Waals surface area contributed by atoms with Gasteiger partial charge in [-0.3, -0.25) is 9.11 Å². The van der Waals surface area contributed by atoms with Crippen LogP contribution in [0.5, 0.6) is 5.88 Å². The summed E-state index contributed by atoms with van der Waals surface area (Å²) < 4.78 is 68.7.